The van der Waals surface area contributed by atoms with Crippen LogP contribution in [0.2, 0.25) is 0 Å². The highest BCUT2D eigenvalue weighted by Gasteiger charge is 2.27. The smallest absolute Gasteiger partial charge is 0.165 e. The van der Waals surface area contributed by atoms with E-state index >= 15 is 0 Å². The molecule has 0 bridgehead atoms. The van der Waals surface area contributed by atoms with Gasteiger partial charge >= 0.3 is 0 Å². The molecule has 15 aromatic rings. The van der Waals surface area contributed by atoms with Gasteiger partial charge in [-0.15, -0.1) is 0 Å². The zero-order valence-corrected chi connectivity index (χ0v) is 31.5. The van der Waals surface area contributed by atoms with E-state index in [1.54, 1.807) is 0 Å². The second-order valence-electron chi connectivity index (χ2n) is 16.1. The molecule has 0 radical (unpaired) electrons. The average molecular weight is 748 g/mol. The SMILES string of the molecule is c1ccc(-n2c3ccccc3c3cc(-c4cccc5c6cccc7c8nc9c(nc8n(c45)c67)c4c5ccccc5cc5c6c7ccccc7ccc6n9c54)ccc32)cc1. The first-order chi connectivity index (χ1) is 29.3. The van der Waals surface area contributed by atoms with Crippen LogP contribution < -0.4 is 0 Å². The lowest BCUT2D eigenvalue weighted by atomic mass is 9.99. The van der Waals surface area contributed by atoms with Gasteiger partial charge in [0.2, 0.25) is 0 Å². The second-order valence-corrected chi connectivity index (χ2v) is 16.1. The van der Waals surface area contributed by atoms with Gasteiger partial charge in [-0.1, -0.05) is 133 Å². The fraction of sp³-hybridized carbons (Fsp3) is 0. The van der Waals surface area contributed by atoms with Crippen molar-refractivity contribution >= 4 is 120 Å². The zero-order valence-electron chi connectivity index (χ0n) is 31.5. The predicted molar refractivity (Wildman–Crippen MR) is 246 cm³/mol. The number of fused-ring (bicyclic) bond motifs is 19. The molecule has 0 aliphatic heterocycles. The quantitative estimate of drug-likeness (QED) is 0.177. The first-order valence-corrected chi connectivity index (χ1v) is 20.3. The number of rotatable bonds is 2. The number of benzene rings is 9. The highest BCUT2D eigenvalue weighted by molar-refractivity contribution is 6.34. The minimum atomic E-state index is 0.890. The van der Waals surface area contributed by atoms with Crippen LogP contribution in [-0.2, 0) is 0 Å². The molecule has 0 saturated heterocycles. The van der Waals surface area contributed by atoms with Crippen molar-refractivity contribution in [2.24, 2.45) is 0 Å². The average Bonchev–Trinajstić information content (AvgIpc) is 4.08. The lowest BCUT2D eigenvalue weighted by Crippen LogP contribution is -1.93. The van der Waals surface area contributed by atoms with E-state index in [-0.39, 0.29) is 0 Å². The largest absolute Gasteiger partial charge is 0.309 e. The molecule has 0 saturated carbocycles. The van der Waals surface area contributed by atoms with Crippen molar-refractivity contribution in [2.75, 3.05) is 0 Å². The molecule has 0 aliphatic rings. The van der Waals surface area contributed by atoms with Crippen LogP contribution in [0.5, 0.6) is 0 Å². The Kier molecular flexibility index (Phi) is 5.36. The number of nitrogens with zero attached hydrogens (tertiary/aromatic N) is 5. The van der Waals surface area contributed by atoms with Gasteiger partial charge < -0.3 is 4.57 Å². The fourth-order valence-electron chi connectivity index (χ4n) is 10.9. The standard InChI is InChI=1S/C54H29N5/c1-2-14-33(15-3-1)57-43-23-9-8-18-37(43)41-28-32(25-26-44(41)57)36-19-10-20-38-39-21-11-22-40-48-53(59(50(36)38)51(39)40)56-49-47-35-17-7-5-13-31(35)29-42-46-34-16-6-4-12-30(34)24-27-45(46)58(52(42)47)54(49)55-48/h1-29H. The highest BCUT2D eigenvalue weighted by Crippen LogP contribution is 2.47. The maximum atomic E-state index is 5.77. The van der Waals surface area contributed by atoms with Crippen LogP contribution in [0.3, 0.4) is 0 Å². The van der Waals surface area contributed by atoms with E-state index < -0.39 is 0 Å². The molecule has 15 rings (SSSR count). The summed E-state index contributed by atoms with van der Waals surface area (Å²) in [7, 11) is 0. The Morgan fingerprint density at radius 3 is 1.86 bits per heavy atom. The van der Waals surface area contributed by atoms with E-state index in [2.05, 4.69) is 189 Å². The highest BCUT2D eigenvalue weighted by atomic mass is 15.1. The first kappa shape index (κ1) is 30.2. The molecule has 5 nitrogen and oxygen atoms in total. The molecular formula is C54H29N5. The number of aromatic nitrogens is 5. The molecule has 5 heteroatoms. The molecule has 0 spiro atoms. The molecule has 0 fully saturated rings. The van der Waals surface area contributed by atoms with Gasteiger partial charge in [0, 0.05) is 54.3 Å². The van der Waals surface area contributed by atoms with E-state index in [0.29, 0.717) is 0 Å². The molecule has 9 aromatic carbocycles. The van der Waals surface area contributed by atoms with Gasteiger partial charge in [0.1, 0.15) is 11.0 Å². The number of para-hydroxylation sites is 4. The first-order valence-electron chi connectivity index (χ1n) is 20.3. The van der Waals surface area contributed by atoms with Crippen molar-refractivity contribution < 1.29 is 0 Å². The molecule has 59 heavy (non-hydrogen) atoms. The van der Waals surface area contributed by atoms with Gasteiger partial charge in [-0.05, 0) is 69.6 Å². The third-order valence-electron chi connectivity index (χ3n) is 13.2. The molecule has 0 N–H and O–H groups in total. The molecule has 6 heterocycles. The molecule has 0 atom stereocenters. The summed E-state index contributed by atoms with van der Waals surface area (Å²) in [6, 6.07) is 64.2. The van der Waals surface area contributed by atoms with E-state index in [4.69, 9.17) is 9.97 Å². The Labute approximate surface area is 334 Å². The van der Waals surface area contributed by atoms with Crippen molar-refractivity contribution in [2.45, 2.75) is 0 Å². The Balaban J connectivity index is 1.09. The lowest BCUT2D eigenvalue weighted by molar-refractivity contribution is 1.18. The van der Waals surface area contributed by atoms with Gasteiger partial charge in [0.25, 0.3) is 0 Å². The third-order valence-corrected chi connectivity index (χ3v) is 13.2. The minimum absolute atomic E-state index is 0.890. The zero-order chi connectivity index (χ0) is 38.1. The van der Waals surface area contributed by atoms with Crippen molar-refractivity contribution in [1.82, 2.24) is 23.3 Å². The minimum Gasteiger partial charge on any atom is -0.309 e. The molecule has 0 unspecified atom stereocenters. The number of hydrogen-bond acceptors (Lipinski definition) is 2. The summed E-state index contributed by atoms with van der Waals surface area (Å²) < 4.78 is 7.18. The van der Waals surface area contributed by atoms with Crippen LogP contribution in [0.15, 0.2) is 176 Å². The molecule has 6 aromatic heterocycles. The fourth-order valence-corrected chi connectivity index (χ4v) is 10.9. The summed E-state index contributed by atoms with van der Waals surface area (Å²) in [6.45, 7) is 0. The van der Waals surface area contributed by atoms with Crippen LogP contribution in [-0.4, -0.2) is 23.3 Å². The Morgan fingerprint density at radius 1 is 0.339 bits per heavy atom. The maximum absolute atomic E-state index is 5.77. The topological polar surface area (TPSA) is 39.5 Å². The maximum Gasteiger partial charge on any atom is 0.165 e. The number of hydrogen-bond donors (Lipinski definition) is 0. The Bertz CT molecular complexity index is 4300. The van der Waals surface area contributed by atoms with Crippen LogP contribution in [0, 0.1) is 0 Å². The van der Waals surface area contributed by atoms with Crippen molar-refractivity contribution in [1.29, 1.82) is 0 Å². The third kappa shape index (κ3) is 3.59. The van der Waals surface area contributed by atoms with Crippen molar-refractivity contribution in [3.63, 3.8) is 0 Å². The van der Waals surface area contributed by atoms with Crippen molar-refractivity contribution in [3.05, 3.63) is 176 Å². The monoisotopic (exact) mass is 747 g/mol. The molecule has 270 valence electrons. The van der Waals surface area contributed by atoms with Crippen LogP contribution in [0.1, 0.15) is 0 Å². The lowest BCUT2D eigenvalue weighted by Gasteiger charge is -2.09. The van der Waals surface area contributed by atoms with Gasteiger partial charge in [0.15, 0.2) is 11.3 Å². The summed E-state index contributed by atoms with van der Waals surface area (Å²) >= 11 is 0. The van der Waals surface area contributed by atoms with Gasteiger partial charge in [-0.25, -0.2) is 9.97 Å². The summed E-state index contributed by atoms with van der Waals surface area (Å²) in [5, 5.41) is 14.6. The normalized spacial score (nSPS) is 12.7. The van der Waals surface area contributed by atoms with E-state index in [0.717, 1.165) is 49.8 Å². The van der Waals surface area contributed by atoms with Crippen molar-refractivity contribution in [3.8, 4) is 16.8 Å². The van der Waals surface area contributed by atoms with E-state index in [9.17, 15) is 0 Å². The second kappa shape index (κ2) is 10.5. The summed E-state index contributed by atoms with van der Waals surface area (Å²) in [6.07, 6.45) is 0. The molecular weight excluding hydrogens is 719 g/mol. The predicted octanol–water partition coefficient (Wildman–Crippen LogP) is 13.8. The van der Waals surface area contributed by atoms with Gasteiger partial charge in [-0.2, -0.15) is 0 Å². The summed E-state index contributed by atoms with van der Waals surface area (Å²) in [5.74, 6) is 0. The molecule has 0 aliphatic carbocycles. The van der Waals surface area contributed by atoms with Crippen LogP contribution >= 0.6 is 0 Å². The molecule has 0 amide bonds. The van der Waals surface area contributed by atoms with Gasteiger partial charge in [-0.3, -0.25) is 8.80 Å². The van der Waals surface area contributed by atoms with E-state index in [1.807, 2.05) is 0 Å². The van der Waals surface area contributed by atoms with Gasteiger partial charge in [0.05, 0.1) is 33.1 Å². The van der Waals surface area contributed by atoms with Crippen LogP contribution in [0.4, 0.5) is 0 Å². The summed E-state index contributed by atoms with van der Waals surface area (Å²) in [4.78, 5) is 11.5. The Morgan fingerprint density at radius 2 is 0.983 bits per heavy atom. The Hall–Kier alpha value is -8.02. The van der Waals surface area contributed by atoms with Crippen LogP contribution in [0.25, 0.3) is 137 Å². The summed E-state index contributed by atoms with van der Waals surface area (Å²) in [5.41, 5.74) is 14.2. The van der Waals surface area contributed by atoms with E-state index in [1.165, 1.54) is 87.1 Å².